The minimum atomic E-state index is 0.480. The number of hydrogen-bond donors (Lipinski definition) is 2. The fourth-order valence-electron chi connectivity index (χ4n) is 2.11. The number of aryl methyl sites for hydroxylation is 1. The lowest BCUT2D eigenvalue weighted by Crippen LogP contribution is -2.00. The molecule has 6 heteroatoms. The Balaban J connectivity index is 1.77. The molecule has 0 aliphatic rings. The molecule has 5 nitrogen and oxygen atoms in total. The number of aromatic nitrogens is 2. The highest BCUT2D eigenvalue weighted by atomic mass is 79.9. The van der Waals surface area contributed by atoms with Gasteiger partial charge in [0.15, 0.2) is 0 Å². The first kappa shape index (κ1) is 16.0. The molecule has 0 fully saturated rings. The smallest absolute Gasteiger partial charge is 0.229 e. The number of nitrogens with one attached hydrogen (secondary N) is 2. The summed E-state index contributed by atoms with van der Waals surface area (Å²) in [5.41, 5.74) is 3.55. The molecule has 118 valence electrons. The van der Waals surface area contributed by atoms with Gasteiger partial charge in [-0.15, -0.1) is 0 Å². The molecule has 3 rings (SSSR count). The average molecular weight is 380 g/mol. The van der Waals surface area contributed by atoms with Crippen molar-refractivity contribution in [3.8, 4) is 6.07 Å². The van der Waals surface area contributed by atoms with Crippen LogP contribution in [0.1, 0.15) is 11.1 Å². The van der Waals surface area contributed by atoms with Gasteiger partial charge in [-0.1, -0.05) is 6.07 Å². The van der Waals surface area contributed by atoms with Gasteiger partial charge in [-0.25, -0.2) is 4.98 Å². The number of benzene rings is 2. The summed E-state index contributed by atoms with van der Waals surface area (Å²) in [7, 11) is 0. The molecule has 0 unspecified atom stereocenters. The van der Waals surface area contributed by atoms with Gasteiger partial charge in [-0.05, 0) is 70.9 Å². The highest BCUT2D eigenvalue weighted by Gasteiger charge is 2.04. The molecule has 2 N–H and O–H groups in total. The third kappa shape index (κ3) is 3.89. The second-order valence-electron chi connectivity index (χ2n) is 5.19. The quantitative estimate of drug-likeness (QED) is 0.673. The van der Waals surface area contributed by atoms with Crippen molar-refractivity contribution in [3.05, 3.63) is 70.3 Å². The molecule has 1 aromatic heterocycles. The Hall–Kier alpha value is -2.91. The zero-order chi connectivity index (χ0) is 16.9. The van der Waals surface area contributed by atoms with Crippen LogP contribution in [0, 0.1) is 18.3 Å². The minimum absolute atomic E-state index is 0.480. The van der Waals surface area contributed by atoms with Crippen molar-refractivity contribution in [3.63, 3.8) is 0 Å². The summed E-state index contributed by atoms with van der Waals surface area (Å²) in [6, 6.07) is 17.1. The molecule has 24 heavy (non-hydrogen) atoms. The first-order valence-electron chi connectivity index (χ1n) is 7.27. The standard InChI is InChI=1S/C18H14BrN5/c1-12-2-7-16(15(19)10-12)23-17-8-9-21-18(24-17)22-14-5-3-13(11-20)4-6-14/h2-10H,1H3,(H2,21,22,23,24). The van der Waals surface area contributed by atoms with E-state index in [-0.39, 0.29) is 0 Å². The van der Waals surface area contributed by atoms with Crippen molar-refractivity contribution < 1.29 is 0 Å². The Kier molecular flexibility index (Phi) is 4.73. The van der Waals surface area contributed by atoms with Gasteiger partial charge < -0.3 is 10.6 Å². The zero-order valence-corrected chi connectivity index (χ0v) is 14.5. The summed E-state index contributed by atoms with van der Waals surface area (Å²) >= 11 is 3.54. The molecule has 0 aliphatic carbocycles. The Morgan fingerprint density at radius 2 is 1.83 bits per heavy atom. The second-order valence-corrected chi connectivity index (χ2v) is 6.04. The summed E-state index contributed by atoms with van der Waals surface area (Å²) in [6.45, 7) is 2.04. The van der Waals surface area contributed by atoms with E-state index in [9.17, 15) is 0 Å². The summed E-state index contributed by atoms with van der Waals surface area (Å²) in [5, 5.41) is 15.2. The lowest BCUT2D eigenvalue weighted by molar-refractivity contribution is 1.16. The van der Waals surface area contributed by atoms with Crippen LogP contribution in [-0.4, -0.2) is 9.97 Å². The predicted molar refractivity (Wildman–Crippen MR) is 98.6 cm³/mol. The van der Waals surface area contributed by atoms with Gasteiger partial charge in [-0.3, -0.25) is 0 Å². The zero-order valence-electron chi connectivity index (χ0n) is 12.9. The number of nitrogens with zero attached hydrogens (tertiary/aromatic N) is 3. The highest BCUT2D eigenvalue weighted by Crippen LogP contribution is 2.26. The third-order valence-electron chi connectivity index (χ3n) is 3.31. The van der Waals surface area contributed by atoms with Crippen LogP contribution in [0.3, 0.4) is 0 Å². The van der Waals surface area contributed by atoms with E-state index in [1.54, 1.807) is 24.4 Å². The van der Waals surface area contributed by atoms with E-state index >= 15 is 0 Å². The van der Waals surface area contributed by atoms with Gasteiger partial charge in [0.25, 0.3) is 0 Å². The van der Waals surface area contributed by atoms with E-state index in [0.717, 1.165) is 15.8 Å². The Bertz CT molecular complexity index is 900. The number of rotatable bonds is 4. The van der Waals surface area contributed by atoms with Gasteiger partial charge in [0.05, 0.1) is 17.3 Å². The average Bonchev–Trinajstić information content (AvgIpc) is 2.58. The molecular formula is C18H14BrN5. The van der Waals surface area contributed by atoms with Crippen LogP contribution < -0.4 is 10.6 Å². The summed E-state index contributed by atoms with van der Waals surface area (Å²) in [4.78, 5) is 8.67. The Morgan fingerprint density at radius 3 is 2.54 bits per heavy atom. The van der Waals surface area contributed by atoms with E-state index in [2.05, 4.69) is 42.6 Å². The molecule has 0 aliphatic heterocycles. The van der Waals surface area contributed by atoms with Crippen molar-refractivity contribution >= 4 is 39.1 Å². The van der Waals surface area contributed by atoms with Crippen molar-refractivity contribution in [1.82, 2.24) is 9.97 Å². The van der Waals surface area contributed by atoms with E-state index in [0.29, 0.717) is 17.3 Å². The molecule has 0 bridgehead atoms. The topological polar surface area (TPSA) is 73.6 Å². The summed E-state index contributed by atoms with van der Waals surface area (Å²) in [6.07, 6.45) is 1.68. The Labute approximate surface area is 148 Å². The van der Waals surface area contributed by atoms with Crippen LogP contribution in [0.4, 0.5) is 23.1 Å². The summed E-state index contributed by atoms with van der Waals surface area (Å²) in [5.74, 6) is 1.17. The number of hydrogen-bond acceptors (Lipinski definition) is 5. The van der Waals surface area contributed by atoms with Crippen LogP contribution in [0.5, 0.6) is 0 Å². The summed E-state index contributed by atoms with van der Waals surface area (Å²) < 4.78 is 0.975. The van der Waals surface area contributed by atoms with Crippen molar-refractivity contribution in [2.75, 3.05) is 10.6 Å². The molecule has 0 radical (unpaired) electrons. The second kappa shape index (κ2) is 7.11. The monoisotopic (exact) mass is 379 g/mol. The van der Waals surface area contributed by atoms with Crippen molar-refractivity contribution in [2.45, 2.75) is 6.92 Å². The van der Waals surface area contributed by atoms with Crippen molar-refractivity contribution in [2.24, 2.45) is 0 Å². The maximum atomic E-state index is 8.83. The van der Waals surface area contributed by atoms with Crippen LogP contribution >= 0.6 is 15.9 Å². The van der Waals surface area contributed by atoms with Gasteiger partial charge in [0, 0.05) is 16.4 Å². The molecule has 0 atom stereocenters. The number of anilines is 4. The van der Waals surface area contributed by atoms with E-state index in [1.165, 1.54) is 5.56 Å². The maximum Gasteiger partial charge on any atom is 0.229 e. The molecular weight excluding hydrogens is 366 g/mol. The molecule has 1 heterocycles. The van der Waals surface area contributed by atoms with Crippen molar-refractivity contribution in [1.29, 1.82) is 5.26 Å². The van der Waals surface area contributed by atoms with Crippen LogP contribution in [0.25, 0.3) is 0 Å². The minimum Gasteiger partial charge on any atom is -0.339 e. The van der Waals surface area contributed by atoms with Crippen LogP contribution in [0.15, 0.2) is 59.2 Å². The molecule has 0 saturated carbocycles. The fourth-order valence-corrected chi connectivity index (χ4v) is 2.70. The van der Waals surface area contributed by atoms with E-state index in [4.69, 9.17) is 5.26 Å². The lowest BCUT2D eigenvalue weighted by Gasteiger charge is -2.10. The number of halogens is 1. The van der Waals surface area contributed by atoms with Crippen LogP contribution in [0.2, 0.25) is 0 Å². The maximum absolute atomic E-state index is 8.83. The highest BCUT2D eigenvalue weighted by molar-refractivity contribution is 9.10. The third-order valence-corrected chi connectivity index (χ3v) is 3.97. The first-order valence-corrected chi connectivity index (χ1v) is 8.07. The predicted octanol–water partition coefficient (Wildman–Crippen LogP) is 4.91. The lowest BCUT2D eigenvalue weighted by atomic mass is 10.2. The SMILES string of the molecule is Cc1ccc(Nc2ccnc(Nc3ccc(C#N)cc3)n2)c(Br)c1. The van der Waals surface area contributed by atoms with Gasteiger partial charge in [-0.2, -0.15) is 10.2 Å². The van der Waals surface area contributed by atoms with Gasteiger partial charge in [0.1, 0.15) is 5.82 Å². The fraction of sp³-hybridized carbons (Fsp3) is 0.0556. The van der Waals surface area contributed by atoms with Crippen LogP contribution in [-0.2, 0) is 0 Å². The first-order chi connectivity index (χ1) is 11.6. The molecule has 0 amide bonds. The molecule has 3 aromatic rings. The van der Waals surface area contributed by atoms with Gasteiger partial charge >= 0.3 is 0 Å². The molecule has 0 saturated heterocycles. The van der Waals surface area contributed by atoms with E-state index in [1.807, 2.05) is 37.3 Å². The van der Waals surface area contributed by atoms with E-state index < -0.39 is 0 Å². The number of nitriles is 1. The largest absolute Gasteiger partial charge is 0.339 e. The van der Waals surface area contributed by atoms with Gasteiger partial charge in [0.2, 0.25) is 5.95 Å². The Morgan fingerprint density at radius 1 is 1.04 bits per heavy atom. The molecule has 2 aromatic carbocycles. The molecule has 0 spiro atoms. The normalized spacial score (nSPS) is 10.0.